The second-order valence-electron chi connectivity index (χ2n) is 7.23. The van der Waals surface area contributed by atoms with Gasteiger partial charge in [0.05, 0.1) is 30.7 Å². The van der Waals surface area contributed by atoms with Crippen LogP contribution in [0.15, 0.2) is 75.9 Å². The van der Waals surface area contributed by atoms with Crippen molar-refractivity contribution in [3.8, 4) is 22.6 Å². The highest BCUT2D eigenvalue weighted by molar-refractivity contribution is 5.89. The van der Waals surface area contributed by atoms with Gasteiger partial charge in [0.1, 0.15) is 29.4 Å². The number of aryl methyl sites for hydroxylation is 1. The predicted molar refractivity (Wildman–Crippen MR) is 121 cm³/mol. The van der Waals surface area contributed by atoms with E-state index in [1.165, 1.54) is 7.11 Å². The predicted octanol–water partition coefficient (Wildman–Crippen LogP) is 5.14. The first kappa shape index (κ1) is 21.2. The topological polar surface area (TPSA) is 75.0 Å². The van der Waals surface area contributed by atoms with E-state index in [-0.39, 0.29) is 11.4 Å². The molecule has 32 heavy (non-hydrogen) atoms. The third-order valence-corrected chi connectivity index (χ3v) is 5.20. The molecule has 0 amide bonds. The van der Waals surface area contributed by atoms with Crippen molar-refractivity contribution in [3.63, 3.8) is 0 Å². The second-order valence-corrected chi connectivity index (χ2v) is 7.23. The van der Waals surface area contributed by atoms with E-state index in [1.54, 1.807) is 56.5 Å². The van der Waals surface area contributed by atoms with Gasteiger partial charge < -0.3 is 18.6 Å². The number of hydrogen-bond donors (Lipinski definition) is 0. The summed E-state index contributed by atoms with van der Waals surface area (Å²) < 4.78 is 21.7. The molecule has 0 saturated heterocycles. The highest BCUT2D eigenvalue weighted by Crippen LogP contribution is 2.28. The van der Waals surface area contributed by atoms with Gasteiger partial charge in [-0.3, -0.25) is 4.79 Å². The average molecular weight is 430 g/mol. The molecule has 0 spiro atoms. The molecule has 3 aromatic carbocycles. The van der Waals surface area contributed by atoms with Crippen LogP contribution in [0.3, 0.4) is 0 Å². The second kappa shape index (κ2) is 8.98. The van der Waals surface area contributed by atoms with E-state index in [1.807, 2.05) is 24.3 Å². The van der Waals surface area contributed by atoms with Crippen LogP contribution >= 0.6 is 0 Å². The lowest BCUT2D eigenvalue weighted by molar-refractivity contribution is 0.0600. The number of fused-ring (bicyclic) bond motifs is 1. The average Bonchev–Trinajstić information content (AvgIpc) is 2.82. The van der Waals surface area contributed by atoms with Crippen LogP contribution < -0.4 is 14.9 Å². The molecule has 0 aliphatic heterocycles. The van der Waals surface area contributed by atoms with Gasteiger partial charge in [0.2, 0.25) is 5.43 Å². The maximum absolute atomic E-state index is 13.1. The Morgan fingerprint density at radius 2 is 1.59 bits per heavy atom. The van der Waals surface area contributed by atoms with E-state index in [0.717, 1.165) is 16.9 Å². The number of rotatable bonds is 6. The normalized spacial score (nSPS) is 10.7. The molecule has 0 fully saturated rings. The van der Waals surface area contributed by atoms with Crippen molar-refractivity contribution in [2.24, 2.45) is 0 Å². The number of methoxy groups -OCH3 is 2. The van der Waals surface area contributed by atoms with E-state index in [9.17, 15) is 9.59 Å². The molecule has 1 heterocycles. The number of ether oxygens (including phenoxy) is 3. The zero-order chi connectivity index (χ0) is 22.7. The van der Waals surface area contributed by atoms with Crippen LogP contribution in [0.1, 0.15) is 21.7 Å². The van der Waals surface area contributed by atoms with Gasteiger partial charge in [-0.2, -0.15) is 0 Å². The first-order chi connectivity index (χ1) is 15.5. The van der Waals surface area contributed by atoms with E-state index in [4.69, 9.17) is 18.6 Å². The first-order valence-electron chi connectivity index (χ1n) is 10.0. The standard InChI is InChI=1S/C26H22O6/c1-16-24(18-8-10-20(29-2)11-9-18)25(27)22-13-12-21(14-23(22)32-16)31-15-17-4-6-19(7-5-17)26(28)30-3/h4-14H,15H2,1-3H3. The van der Waals surface area contributed by atoms with E-state index in [2.05, 4.69) is 0 Å². The summed E-state index contributed by atoms with van der Waals surface area (Å²) in [6.07, 6.45) is 0. The Balaban J connectivity index is 1.58. The number of benzene rings is 3. The van der Waals surface area contributed by atoms with Gasteiger partial charge >= 0.3 is 5.97 Å². The van der Waals surface area contributed by atoms with Gasteiger partial charge in [-0.1, -0.05) is 24.3 Å². The fourth-order valence-electron chi connectivity index (χ4n) is 3.49. The molecule has 0 N–H and O–H groups in total. The lowest BCUT2D eigenvalue weighted by atomic mass is 10.0. The lowest BCUT2D eigenvalue weighted by Crippen LogP contribution is -2.07. The molecule has 0 saturated carbocycles. The van der Waals surface area contributed by atoms with Crippen LogP contribution in [0.5, 0.6) is 11.5 Å². The van der Waals surface area contributed by atoms with Crippen LogP contribution in [-0.4, -0.2) is 20.2 Å². The minimum atomic E-state index is -0.383. The number of carbonyl (C=O) groups excluding carboxylic acids is 1. The summed E-state index contributed by atoms with van der Waals surface area (Å²) in [5, 5.41) is 0.483. The zero-order valence-corrected chi connectivity index (χ0v) is 18.0. The maximum Gasteiger partial charge on any atom is 0.337 e. The van der Waals surface area contributed by atoms with Crippen molar-refractivity contribution in [1.29, 1.82) is 0 Å². The number of carbonyl (C=O) groups is 1. The Kier molecular flexibility index (Phi) is 5.94. The molecule has 162 valence electrons. The molecule has 1 aromatic heterocycles. The monoisotopic (exact) mass is 430 g/mol. The van der Waals surface area contributed by atoms with Crippen molar-refractivity contribution in [2.75, 3.05) is 14.2 Å². The summed E-state index contributed by atoms with van der Waals surface area (Å²) in [6.45, 7) is 2.08. The molecule has 0 unspecified atom stereocenters. The van der Waals surface area contributed by atoms with Crippen LogP contribution in [-0.2, 0) is 11.3 Å². The molecule has 4 rings (SSSR count). The molecule has 0 bridgehead atoms. The fourth-order valence-corrected chi connectivity index (χ4v) is 3.49. The summed E-state index contributed by atoms with van der Waals surface area (Å²) in [6, 6.07) is 19.5. The van der Waals surface area contributed by atoms with Gasteiger partial charge in [-0.05, 0) is 54.4 Å². The first-order valence-corrected chi connectivity index (χ1v) is 10.0. The summed E-state index contributed by atoms with van der Waals surface area (Å²) in [7, 11) is 2.95. The molecule has 6 nitrogen and oxygen atoms in total. The Morgan fingerprint density at radius 1 is 0.906 bits per heavy atom. The lowest BCUT2D eigenvalue weighted by Gasteiger charge is -2.10. The van der Waals surface area contributed by atoms with Gasteiger partial charge in [-0.25, -0.2) is 4.79 Å². The Morgan fingerprint density at radius 3 is 2.25 bits per heavy atom. The van der Waals surface area contributed by atoms with Crippen molar-refractivity contribution in [1.82, 2.24) is 0 Å². The quantitative estimate of drug-likeness (QED) is 0.394. The molecule has 0 radical (unpaired) electrons. The molecule has 6 heteroatoms. The SMILES string of the molecule is COC(=O)c1ccc(COc2ccc3c(=O)c(-c4ccc(OC)cc4)c(C)oc3c2)cc1. The van der Waals surface area contributed by atoms with E-state index in [0.29, 0.717) is 40.2 Å². The molecular weight excluding hydrogens is 408 g/mol. The van der Waals surface area contributed by atoms with E-state index >= 15 is 0 Å². The summed E-state index contributed by atoms with van der Waals surface area (Å²) in [4.78, 5) is 24.7. The highest BCUT2D eigenvalue weighted by atomic mass is 16.5. The fraction of sp³-hybridized carbons (Fsp3) is 0.154. The largest absolute Gasteiger partial charge is 0.497 e. The van der Waals surface area contributed by atoms with Crippen LogP contribution in [0, 0.1) is 6.92 Å². The Hall–Kier alpha value is -4.06. The van der Waals surface area contributed by atoms with Crippen molar-refractivity contribution >= 4 is 16.9 Å². The molecule has 0 atom stereocenters. The van der Waals surface area contributed by atoms with Crippen molar-refractivity contribution in [3.05, 3.63) is 93.8 Å². The van der Waals surface area contributed by atoms with Gasteiger partial charge in [-0.15, -0.1) is 0 Å². The smallest absolute Gasteiger partial charge is 0.337 e. The van der Waals surface area contributed by atoms with Crippen molar-refractivity contribution in [2.45, 2.75) is 13.5 Å². The number of esters is 1. The molecule has 0 aliphatic carbocycles. The third-order valence-electron chi connectivity index (χ3n) is 5.20. The van der Waals surface area contributed by atoms with E-state index < -0.39 is 0 Å². The summed E-state index contributed by atoms with van der Waals surface area (Å²) >= 11 is 0. The molecule has 0 aliphatic rings. The molecule has 4 aromatic rings. The van der Waals surface area contributed by atoms with Crippen LogP contribution in [0.25, 0.3) is 22.1 Å². The minimum Gasteiger partial charge on any atom is -0.497 e. The van der Waals surface area contributed by atoms with Gasteiger partial charge in [0.15, 0.2) is 0 Å². The van der Waals surface area contributed by atoms with Crippen molar-refractivity contribution < 1.29 is 23.4 Å². The van der Waals surface area contributed by atoms with Crippen LogP contribution in [0.2, 0.25) is 0 Å². The Labute approximate surface area is 185 Å². The highest BCUT2D eigenvalue weighted by Gasteiger charge is 2.14. The minimum absolute atomic E-state index is 0.0983. The summed E-state index contributed by atoms with van der Waals surface area (Å²) in [5.41, 5.74) is 3.04. The zero-order valence-electron chi connectivity index (χ0n) is 18.0. The third kappa shape index (κ3) is 4.21. The Bertz CT molecular complexity index is 1320. The maximum atomic E-state index is 13.1. The van der Waals surface area contributed by atoms with Gasteiger partial charge in [0, 0.05) is 6.07 Å². The number of hydrogen-bond acceptors (Lipinski definition) is 6. The van der Waals surface area contributed by atoms with Gasteiger partial charge in [0.25, 0.3) is 0 Å². The summed E-state index contributed by atoms with van der Waals surface area (Å²) in [5.74, 6) is 1.45. The van der Waals surface area contributed by atoms with Crippen LogP contribution in [0.4, 0.5) is 0 Å². The molecular formula is C26H22O6.